The topological polar surface area (TPSA) is 54.9 Å². The Kier molecular flexibility index (Phi) is 9.35. The Morgan fingerprint density at radius 1 is 1.11 bits per heavy atom. The molecule has 0 bridgehead atoms. The molecule has 8 heteroatoms. The van der Waals surface area contributed by atoms with Gasteiger partial charge in [0, 0.05) is 32.6 Å². The molecule has 0 aliphatic heterocycles. The van der Waals surface area contributed by atoms with Gasteiger partial charge in [-0.3, -0.25) is 0 Å². The Hall–Kier alpha value is -2.02. The van der Waals surface area contributed by atoms with Crippen molar-refractivity contribution in [3.63, 3.8) is 0 Å². The van der Waals surface area contributed by atoms with E-state index in [1.54, 1.807) is 38.4 Å². The van der Waals surface area contributed by atoms with Crippen LogP contribution in [-0.4, -0.2) is 55.7 Å². The maximum absolute atomic E-state index is 11.6. The summed E-state index contributed by atoms with van der Waals surface area (Å²) in [6.07, 6.45) is 0.377. The molecule has 1 unspecified atom stereocenters. The number of hydrogen-bond donors (Lipinski definition) is 0. The predicted molar refractivity (Wildman–Crippen MR) is 109 cm³/mol. The quantitative estimate of drug-likeness (QED) is 0.633. The normalized spacial score (nSPS) is 11.5. The number of nitrogens with zero attached hydrogens (tertiary/aromatic N) is 3. The van der Waals surface area contributed by atoms with Gasteiger partial charge in [-0.2, -0.15) is 0 Å². The number of ether oxygens (including phenoxy) is 2. The fourth-order valence-electron chi connectivity index (χ4n) is 2.42. The molecule has 0 N–H and O–H groups in total. The minimum atomic E-state index is -0.399. The zero-order chi connectivity index (χ0) is 19.1. The van der Waals surface area contributed by atoms with Gasteiger partial charge in [0.15, 0.2) is 0 Å². The van der Waals surface area contributed by atoms with E-state index in [9.17, 15) is 4.79 Å². The van der Waals surface area contributed by atoms with Gasteiger partial charge < -0.3 is 19.3 Å². The minimum absolute atomic E-state index is 0. The fourth-order valence-corrected chi connectivity index (χ4v) is 2.57. The van der Waals surface area contributed by atoms with Gasteiger partial charge in [-0.05, 0) is 37.9 Å². The Balaban J connectivity index is 0.00000364. The highest BCUT2D eigenvalue weighted by atomic mass is 35.5. The number of rotatable bonds is 7. The third-order valence-electron chi connectivity index (χ3n) is 3.79. The second kappa shape index (κ2) is 11.0. The van der Waals surface area contributed by atoms with E-state index < -0.39 is 6.09 Å². The van der Waals surface area contributed by atoms with Crippen molar-refractivity contribution in [2.24, 2.45) is 0 Å². The van der Waals surface area contributed by atoms with Crippen molar-refractivity contribution >= 4 is 30.1 Å². The summed E-state index contributed by atoms with van der Waals surface area (Å²) in [4.78, 5) is 19.2. The van der Waals surface area contributed by atoms with Crippen LogP contribution in [0.3, 0.4) is 0 Å². The van der Waals surface area contributed by atoms with Crippen LogP contribution in [-0.2, 0) is 0 Å². The Labute approximate surface area is 171 Å². The van der Waals surface area contributed by atoms with E-state index in [0.717, 1.165) is 12.0 Å². The van der Waals surface area contributed by atoms with Crippen LogP contribution in [0.5, 0.6) is 11.6 Å². The van der Waals surface area contributed by atoms with Gasteiger partial charge in [0.2, 0.25) is 5.88 Å². The molecule has 0 radical (unpaired) electrons. The van der Waals surface area contributed by atoms with Crippen LogP contribution >= 0.6 is 24.0 Å². The third-order valence-corrected chi connectivity index (χ3v) is 4.00. The summed E-state index contributed by atoms with van der Waals surface area (Å²) in [7, 11) is 7.33. The highest BCUT2D eigenvalue weighted by Gasteiger charge is 2.15. The lowest BCUT2D eigenvalue weighted by Gasteiger charge is -2.25. The van der Waals surface area contributed by atoms with Gasteiger partial charge in [0.05, 0.1) is 6.61 Å². The van der Waals surface area contributed by atoms with E-state index in [1.165, 1.54) is 4.90 Å². The molecular weight excluding hydrogens is 389 g/mol. The molecule has 0 saturated heterocycles. The fraction of sp³-hybridized carbons (Fsp3) is 0.368. The average Bonchev–Trinajstić information content (AvgIpc) is 2.59. The third kappa shape index (κ3) is 7.25. The van der Waals surface area contributed by atoms with E-state index in [1.807, 2.05) is 32.3 Å². The van der Waals surface area contributed by atoms with Crippen LogP contribution in [0.25, 0.3) is 0 Å². The number of benzene rings is 1. The smallest absolute Gasteiger partial charge is 0.414 e. The van der Waals surface area contributed by atoms with Crippen molar-refractivity contribution in [3.8, 4) is 11.6 Å². The average molecular weight is 414 g/mol. The summed E-state index contributed by atoms with van der Waals surface area (Å²) < 4.78 is 10.9. The first-order chi connectivity index (χ1) is 12.4. The lowest BCUT2D eigenvalue weighted by Crippen LogP contribution is -2.25. The van der Waals surface area contributed by atoms with Crippen LogP contribution in [0.2, 0.25) is 5.15 Å². The molecule has 0 spiro atoms. The van der Waals surface area contributed by atoms with E-state index in [4.69, 9.17) is 21.1 Å². The van der Waals surface area contributed by atoms with Crippen molar-refractivity contribution in [2.75, 3.05) is 34.8 Å². The lowest BCUT2D eigenvalue weighted by atomic mass is 10.0. The van der Waals surface area contributed by atoms with Gasteiger partial charge >= 0.3 is 6.09 Å². The maximum Gasteiger partial charge on any atom is 0.414 e. The highest BCUT2D eigenvalue weighted by molar-refractivity contribution is 6.29. The Morgan fingerprint density at radius 2 is 1.78 bits per heavy atom. The van der Waals surface area contributed by atoms with Crippen molar-refractivity contribution in [1.82, 2.24) is 14.8 Å². The van der Waals surface area contributed by atoms with E-state index >= 15 is 0 Å². The van der Waals surface area contributed by atoms with Crippen LogP contribution in [0.1, 0.15) is 18.0 Å². The molecule has 1 aromatic heterocycles. The summed E-state index contributed by atoms with van der Waals surface area (Å²) in [6.45, 7) is 0.507. The second-order valence-corrected chi connectivity index (χ2v) is 6.63. The molecule has 0 fully saturated rings. The number of carbonyl (C=O) groups is 1. The summed E-state index contributed by atoms with van der Waals surface area (Å²) in [6, 6.07) is 13.0. The summed E-state index contributed by atoms with van der Waals surface area (Å²) in [5.74, 6) is 1.03. The molecule has 1 amide bonds. The number of hydrogen-bond acceptors (Lipinski definition) is 5. The molecule has 6 nitrogen and oxygen atoms in total. The number of halogens is 2. The molecule has 27 heavy (non-hydrogen) atoms. The maximum atomic E-state index is 11.6. The van der Waals surface area contributed by atoms with Crippen molar-refractivity contribution in [1.29, 1.82) is 0 Å². The lowest BCUT2D eigenvalue weighted by molar-refractivity contribution is 0.172. The molecule has 148 valence electrons. The second-order valence-electron chi connectivity index (χ2n) is 6.25. The highest BCUT2D eigenvalue weighted by Crippen LogP contribution is 2.25. The standard InChI is InChI=1S/C19H24ClN3O3.ClH/c1-22(2)16(12-13-25-18-7-5-6-17(20)21-18)14-8-10-15(11-9-14)26-19(24)23(3)4;/h5-11,16H,12-13H2,1-4H3;1H. The van der Waals surface area contributed by atoms with Gasteiger partial charge in [0.25, 0.3) is 0 Å². The number of aromatic nitrogens is 1. The molecule has 0 saturated carbocycles. The van der Waals surface area contributed by atoms with Gasteiger partial charge in [-0.25, -0.2) is 9.78 Å². The van der Waals surface area contributed by atoms with E-state index in [-0.39, 0.29) is 18.4 Å². The van der Waals surface area contributed by atoms with Gasteiger partial charge in [0.1, 0.15) is 10.9 Å². The molecule has 1 heterocycles. The van der Waals surface area contributed by atoms with Crippen LogP contribution in [0.4, 0.5) is 4.79 Å². The first-order valence-corrected chi connectivity index (χ1v) is 8.65. The SMILES string of the molecule is CN(C)C(=O)Oc1ccc(C(CCOc2cccc(Cl)n2)N(C)C)cc1.Cl. The van der Waals surface area contributed by atoms with Crippen molar-refractivity contribution in [3.05, 3.63) is 53.2 Å². The molecular formula is C19H25Cl2N3O3. The molecule has 2 aromatic rings. The zero-order valence-electron chi connectivity index (χ0n) is 15.9. The van der Waals surface area contributed by atoms with Crippen LogP contribution < -0.4 is 9.47 Å². The number of pyridine rings is 1. The van der Waals surface area contributed by atoms with Gasteiger partial charge in [-0.15, -0.1) is 12.4 Å². The summed E-state index contributed by atoms with van der Waals surface area (Å²) in [5.41, 5.74) is 1.11. The largest absolute Gasteiger partial charge is 0.478 e. The predicted octanol–water partition coefficient (Wildman–Crippen LogP) is 4.29. The van der Waals surface area contributed by atoms with E-state index in [0.29, 0.717) is 23.4 Å². The molecule has 2 rings (SSSR count). The van der Waals surface area contributed by atoms with Gasteiger partial charge in [-0.1, -0.05) is 29.8 Å². The Morgan fingerprint density at radius 3 is 2.33 bits per heavy atom. The summed E-state index contributed by atoms with van der Waals surface area (Å²) >= 11 is 5.86. The molecule has 0 aliphatic carbocycles. The molecule has 1 atom stereocenters. The number of carbonyl (C=O) groups excluding carboxylic acids is 1. The monoisotopic (exact) mass is 413 g/mol. The van der Waals surface area contributed by atoms with Crippen molar-refractivity contribution < 1.29 is 14.3 Å². The first kappa shape index (κ1) is 23.0. The van der Waals surface area contributed by atoms with Crippen molar-refractivity contribution in [2.45, 2.75) is 12.5 Å². The Bertz CT molecular complexity index is 724. The van der Waals surface area contributed by atoms with E-state index in [2.05, 4.69) is 9.88 Å². The van der Waals surface area contributed by atoms with Crippen LogP contribution in [0, 0.1) is 0 Å². The zero-order valence-corrected chi connectivity index (χ0v) is 17.5. The van der Waals surface area contributed by atoms with Crippen LogP contribution in [0.15, 0.2) is 42.5 Å². The minimum Gasteiger partial charge on any atom is -0.478 e. The molecule has 1 aromatic carbocycles. The summed E-state index contributed by atoms with van der Waals surface area (Å²) in [5, 5.41) is 0.412. The first-order valence-electron chi connectivity index (χ1n) is 8.27. The molecule has 0 aliphatic rings. The number of amides is 1.